The van der Waals surface area contributed by atoms with E-state index in [9.17, 15) is 4.79 Å². The van der Waals surface area contributed by atoms with Gasteiger partial charge in [0, 0.05) is 5.02 Å². The first-order valence-electron chi connectivity index (χ1n) is 4.20. The Balaban J connectivity index is 2.98. The van der Waals surface area contributed by atoms with Gasteiger partial charge in [0.05, 0.1) is 5.92 Å². The van der Waals surface area contributed by atoms with Gasteiger partial charge in [-0.3, -0.25) is 4.79 Å². The maximum Gasteiger partial charge on any atom is 0.224 e. The number of halogens is 1. The predicted molar refractivity (Wildman–Crippen MR) is 53.7 cm³/mol. The summed E-state index contributed by atoms with van der Waals surface area (Å²) in [7, 11) is 0. The van der Waals surface area contributed by atoms with E-state index in [2.05, 4.69) is 0 Å². The van der Waals surface area contributed by atoms with Gasteiger partial charge in [-0.1, -0.05) is 30.7 Å². The molecule has 70 valence electrons. The molecule has 1 aromatic rings. The number of carbonyl (C=O) groups is 1. The van der Waals surface area contributed by atoms with E-state index >= 15 is 0 Å². The average molecular weight is 198 g/mol. The van der Waals surface area contributed by atoms with E-state index in [1.807, 2.05) is 19.1 Å². The first-order chi connectivity index (χ1) is 6.15. The number of primary amides is 1. The Morgan fingerprint density at radius 2 is 2.31 bits per heavy atom. The standard InChI is InChI=1S/C10H12ClNO/c1-2-9(10(12)13)7-4-3-5-8(11)6-7/h3-6,9H,2H2,1H3,(H2,12,13). The van der Waals surface area contributed by atoms with Crippen LogP contribution in [0.3, 0.4) is 0 Å². The van der Waals surface area contributed by atoms with Crippen LogP contribution in [0.15, 0.2) is 24.3 Å². The molecule has 0 saturated carbocycles. The molecule has 2 N–H and O–H groups in total. The van der Waals surface area contributed by atoms with E-state index in [1.54, 1.807) is 12.1 Å². The summed E-state index contributed by atoms with van der Waals surface area (Å²) >= 11 is 5.80. The van der Waals surface area contributed by atoms with Crippen LogP contribution < -0.4 is 5.73 Å². The van der Waals surface area contributed by atoms with Crippen molar-refractivity contribution in [3.05, 3.63) is 34.9 Å². The van der Waals surface area contributed by atoms with Gasteiger partial charge in [-0.25, -0.2) is 0 Å². The molecule has 0 aliphatic rings. The number of benzene rings is 1. The average Bonchev–Trinajstić information content (AvgIpc) is 2.04. The van der Waals surface area contributed by atoms with Gasteiger partial charge in [-0.05, 0) is 24.1 Å². The molecule has 1 unspecified atom stereocenters. The van der Waals surface area contributed by atoms with E-state index < -0.39 is 0 Å². The minimum absolute atomic E-state index is 0.223. The normalized spacial score (nSPS) is 12.5. The molecule has 0 aliphatic carbocycles. The molecule has 1 atom stereocenters. The molecule has 0 heterocycles. The van der Waals surface area contributed by atoms with E-state index in [1.165, 1.54) is 0 Å². The lowest BCUT2D eigenvalue weighted by molar-refractivity contribution is -0.119. The molecule has 0 saturated heterocycles. The van der Waals surface area contributed by atoms with Gasteiger partial charge < -0.3 is 5.73 Å². The van der Waals surface area contributed by atoms with Gasteiger partial charge >= 0.3 is 0 Å². The second kappa shape index (κ2) is 4.28. The van der Waals surface area contributed by atoms with Crippen molar-refractivity contribution in [2.24, 2.45) is 5.73 Å². The summed E-state index contributed by atoms with van der Waals surface area (Å²) in [6.07, 6.45) is 0.704. The van der Waals surface area contributed by atoms with Gasteiger partial charge in [0.25, 0.3) is 0 Å². The Hall–Kier alpha value is -1.02. The Morgan fingerprint density at radius 1 is 1.62 bits per heavy atom. The highest BCUT2D eigenvalue weighted by molar-refractivity contribution is 6.30. The highest BCUT2D eigenvalue weighted by Crippen LogP contribution is 2.21. The van der Waals surface area contributed by atoms with Crippen molar-refractivity contribution in [1.29, 1.82) is 0 Å². The summed E-state index contributed by atoms with van der Waals surface area (Å²) in [4.78, 5) is 11.0. The number of carbonyl (C=O) groups excluding carboxylic acids is 1. The van der Waals surface area contributed by atoms with Crippen molar-refractivity contribution in [3.63, 3.8) is 0 Å². The van der Waals surface area contributed by atoms with Gasteiger partial charge in [-0.2, -0.15) is 0 Å². The number of rotatable bonds is 3. The molecule has 0 fully saturated rings. The maximum absolute atomic E-state index is 11.0. The molecule has 0 spiro atoms. The van der Waals surface area contributed by atoms with Crippen LogP contribution in [-0.4, -0.2) is 5.91 Å². The number of hydrogen-bond donors (Lipinski definition) is 1. The summed E-state index contributed by atoms with van der Waals surface area (Å²) < 4.78 is 0. The van der Waals surface area contributed by atoms with Crippen molar-refractivity contribution in [2.75, 3.05) is 0 Å². The molecule has 3 heteroatoms. The molecule has 1 amide bonds. The van der Waals surface area contributed by atoms with Gasteiger partial charge in [-0.15, -0.1) is 0 Å². The molecule has 0 bridgehead atoms. The lowest BCUT2D eigenvalue weighted by Crippen LogP contribution is -2.20. The first kappa shape index (κ1) is 10.1. The highest BCUT2D eigenvalue weighted by Gasteiger charge is 2.14. The molecule has 13 heavy (non-hydrogen) atoms. The van der Waals surface area contributed by atoms with Crippen LogP contribution in [0.25, 0.3) is 0 Å². The zero-order valence-corrected chi connectivity index (χ0v) is 8.21. The third-order valence-electron chi connectivity index (χ3n) is 2.00. The topological polar surface area (TPSA) is 43.1 Å². The van der Waals surface area contributed by atoms with Crippen LogP contribution in [0.4, 0.5) is 0 Å². The van der Waals surface area contributed by atoms with Gasteiger partial charge in [0.15, 0.2) is 0 Å². The van der Waals surface area contributed by atoms with Gasteiger partial charge in [0.1, 0.15) is 0 Å². The third kappa shape index (κ3) is 2.46. The zero-order valence-electron chi connectivity index (χ0n) is 7.46. The highest BCUT2D eigenvalue weighted by atomic mass is 35.5. The zero-order chi connectivity index (χ0) is 9.84. The van der Waals surface area contributed by atoms with E-state index in [-0.39, 0.29) is 11.8 Å². The molecular weight excluding hydrogens is 186 g/mol. The van der Waals surface area contributed by atoms with Crippen molar-refractivity contribution < 1.29 is 4.79 Å². The number of nitrogens with two attached hydrogens (primary N) is 1. The first-order valence-corrected chi connectivity index (χ1v) is 4.57. The maximum atomic E-state index is 11.0. The molecule has 1 rings (SSSR count). The monoisotopic (exact) mass is 197 g/mol. The fourth-order valence-corrected chi connectivity index (χ4v) is 1.52. The van der Waals surface area contributed by atoms with E-state index in [0.29, 0.717) is 11.4 Å². The van der Waals surface area contributed by atoms with E-state index in [4.69, 9.17) is 17.3 Å². The van der Waals surface area contributed by atoms with Crippen LogP contribution in [0.5, 0.6) is 0 Å². The Bertz CT molecular complexity index is 312. The second-order valence-electron chi connectivity index (χ2n) is 2.92. The van der Waals surface area contributed by atoms with Crippen LogP contribution >= 0.6 is 11.6 Å². The molecule has 0 radical (unpaired) electrons. The predicted octanol–water partition coefficient (Wildman–Crippen LogP) is 2.32. The van der Waals surface area contributed by atoms with Crippen LogP contribution in [-0.2, 0) is 4.79 Å². The third-order valence-corrected chi connectivity index (χ3v) is 2.24. The minimum atomic E-state index is -0.301. The SMILES string of the molecule is CCC(C(N)=O)c1cccc(Cl)c1. The van der Waals surface area contributed by atoms with E-state index in [0.717, 1.165) is 5.56 Å². The van der Waals surface area contributed by atoms with Crippen LogP contribution in [0, 0.1) is 0 Å². The molecule has 2 nitrogen and oxygen atoms in total. The summed E-state index contributed by atoms with van der Waals surface area (Å²) in [5.74, 6) is -0.525. The number of amides is 1. The lowest BCUT2D eigenvalue weighted by atomic mass is 9.96. The number of hydrogen-bond acceptors (Lipinski definition) is 1. The fraction of sp³-hybridized carbons (Fsp3) is 0.300. The van der Waals surface area contributed by atoms with Crippen molar-refractivity contribution >= 4 is 17.5 Å². The second-order valence-corrected chi connectivity index (χ2v) is 3.35. The summed E-state index contributed by atoms with van der Waals surface area (Å²) in [6.45, 7) is 1.93. The molecule has 0 aliphatic heterocycles. The molecular formula is C10H12ClNO. The van der Waals surface area contributed by atoms with Crippen LogP contribution in [0.2, 0.25) is 5.02 Å². The van der Waals surface area contributed by atoms with Crippen molar-refractivity contribution in [3.8, 4) is 0 Å². The Labute approximate surface area is 82.7 Å². The summed E-state index contributed by atoms with van der Waals surface area (Å²) in [6, 6.07) is 7.24. The van der Waals surface area contributed by atoms with Crippen LogP contribution in [0.1, 0.15) is 24.8 Å². The minimum Gasteiger partial charge on any atom is -0.369 e. The fourth-order valence-electron chi connectivity index (χ4n) is 1.32. The Morgan fingerprint density at radius 3 is 2.77 bits per heavy atom. The molecule has 0 aromatic heterocycles. The Kier molecular flexibility index (Phi) is 3.32. The largest absolute Gasteiger partial charge is 0.369 e. The molecule has 1 aromatic carbocycles. The van der Waals surface area contributed by atoms with Gasteiger partial charge in [0.2, 0.25) is 5.91 Å². The van der Waals surface area contributed by atoms with Crippen molar-refractivity contribution in [2.45, 2.75) is 19.3 Å². The quantitative estimate of drug-likeness (QED) is 0.794. The lowest BCUT2D eigenvalue weighted by Gasteiger charge is -2.10. The summed E-state index contributed by atoms with van der Waals surface area (Å²) in [5.41, 5.74) is 6.14. The van der Waals surface area contributed by atoms with Crippen molar-refractivity contribution in [1.82, 2.24) is 0 Å². The smallest absolute Gasteiger partial charge is 0.224 e. The summed E-state index contributed by atoms with van der Waals surface area (Å²) in [5, 5.41) is 0.636.